The number of carbonyl (C=O) groups is 2. The molecule has 5 aromatic rings. The summed E-state index contributed by atoms with van der Waals surface area (Å²) in [6.07, 6.45) is 4.05. The molecule has 1 saturated heterocycles. The average molecular weight is 728 g/mol. The minimum atomic E-state index is -1.08. The van der Waals surface area contributed by atoms with Gasteiger partial charge in [0.2, 0.25) is 0 Å². The van der Waals surface area contributed by atoms with E-state index in [4.69, 9.17) is 14.2 Å². The number of hydrogen-bond acceptors (Lipinski definition) is 8. The predicted molar refractivity (Wildman–Crippen MR) is 198 cm³/mol. The number of fused-ring (bicyclic) bond motifs is 1. The number of ether oxygens (including phenoxy) is 3. The Labute approximate surface area is 348 Å². The molecular formula is C42H46KN3O6. The van der Waals surface area contributed by atoms with Gasteiger partial charge in [0, 0.05) is 66.9 Å². The number of aliphatic carboxylic acids is 1. The van der Waals surface area contributed by atoms with Crippen LogP contribution in [-0.4, -0.2) is 67.7 Å². The molecule has 9 nitrogen and oxygen atoms in total. The van der Waals surface area contributed by atoms with Crippen molar-refractivity contribution < 1.29 is 80.3 Å². The van der Waals surface area contributed by atoms with E-state index in [9.17, 15) is 14.7 Å². The summed E-state index contributed by atoms with van der Waals surface area (Å²) in [6, 6.07) is 29.5. The summed E-state index contributed by atoms with van der Waals surface area (Å²) in [5, 5.41) is 11.8. The molecule has 1 aromatic heterocycles. The van der Waals surface area contributed by atoms with Crippen molar-refractivity contribution in [1.82, 2.24) is 9.47 Å². The zero-order chi connectivity index (χ0) is 35.6. The number of aromatic nitrogens is 1. The molecule has 4 aromatic carbocycles. The van der Waals surface area contributed by atoms with Crippen molar-refractivity contribution in [3.05, 3.63) is 119 Å². The summed E-state index contributed by atoms with van der Waals surface area (Å²) >= 11 is 0. The molecule has 1 fully saturated rings. The number of anilines is 1. The van der Waals surface area contributed by atoms with Crippen molar-refractivity contribution in [3.63, 3.8) is 0 Å². The summed E-state index contributed by atoms with van der Waals surface area (Å²) in [5.41, 5.74) is 5.32. The van der Waals surface area contributed by atoms with Gasteiger partial charge in [-0.05, 0) is 81.1 Å². The molecule has 2 heterocycles. The zero-order valence-corrected chi connectivity index (χ0v) is 33.6. The second kappa shape index (κ2) is 19.4. The van der Waals surface area contributed by atoms with E-state index in [2.05, 4.69) is 41.0 Å². The quantitative estimate of drug-likeness (QED) is 0.0819. The molecule has 6 rings (SSSR count). The first-order chi connectivity index (χ1) is 24.9. The minimum Gasteiger partial charge on any atom is -0.550 e. The van der Waals surface area contributed by atoms with Gasteiger partial charge >= 0.3 is 51.4 Å². The molecule has 10 heteroatoms. The van der Waals surface area contributed by atoms with Crippen LogP contribution in [0.5, 0.6) is 17.2 Å². The van der Waals surface area contributed by atoms with Gasteiger partial charge in [0.15, 0.2) is 17.3 Å². The summed E-state index contributed by atoms with van der Waals surface area (Å²) in [5.74, 6) is 0.823. The van der Waals surface area contributed by atoms with Crippen LogP contribution in [-0.2, 0) is 17.9 Å². The normalized spacial score (nSPS) is 13.1. The first-order valence-electron chi connectivity index (χ1n) is 17.8. The number of aryl methyl sites for hydroxylation is 2. The third-order valence-electron chi connectivity index (χ3n) is 9.46. The molecule has 266 valence electrons. The van der Waals surface area contributed by atoms with E-state index >= 15 is 0 Å². The number of para-hydroxylation sites is 3. The summed E-state index contributed by atoms with van der Waals surface area (Å²) < 4.78 is 20.1. The Morgan fingerprint density at radius 2 is 1.52 bits per heavy atom. The average Bonchev–Trinajstić information content (AvgIpc) is 3.53. The minimum absolute atomic E-state index is 0. The molecule has 0 bridgehead atoms. The predicted octanol–water partition coefficient (Wildman–Crippen LogP) is 3.28. The number of nitrogens with zero attached hydrogens (tertiary/aromatic N) is 3. The topological polar surface area (TPSA) is 96.3 Å². The monoisotopic (exact) mass is 727 g/mol. The summed E-state index contributed by atoms with van der Waals surface area (Å²) in [4.78, 5) is 29.9. The van der Waals surface area contributed by atoms with E-state index in [0.717, 1.165) is 73.5 Å². The number of ketones is 1. The largest absolute Gasteiger partial charge is 1.00 e. The number of unbranched alkanes of at least 4 members (excludes halogenated alkanes) is 1. The molecule has 52 heavy (non-hydrogen) atoms. The SMILES string of the molecule is COc1ccccc1N1CCN(CCCCOc2cc(C(=O)c3cn(CCCC(=O)[O-])c4ccccc34)ccc2OCc2ccc(C)cc2)CC1.[K+]. The van der Waals surface area contributed by atoms with Gasteiger partial charge in [0.1, 0.15) is 12.4 Å². The first-order valence-corrected chi connectivity index (χ1v) is 17.8. The maximum Gasteiger partial charge on any atom is 1.00 e. The first kappa shape index (κ1) is 39.6. The number of benzene rings is 4. The van der Waals surface area contributed by atoms with Gasteiger partial charge in [-0.2, -0.15) is 0 Å². The third-order valence-corrected chi connectivity index (χ3v) is 9.46. The molecule has 0 aliphatic carbocycles. The summed E-state index contributed by atoms with van der Waals surface area (Å²) in [6.45, 7) is 8.29. The van der Waals surface area contributed by atoms with E-state index in [-0.39, 0.29) is 63.6 Å². The number of carbonyl (C=O) groups excluding carboxylic acids is 2. The molecule has 1 aliphatic heterocycles. The van der Waals surface area contributed by atoms with Gasteiger partial charge < -0.3 is 33.6 Å². The number of rotatable bonds is 17. The number of carboxylic acid groups (broad SMARTS) is 1. The van der Waals surface area contributed by atoms with E-state index in [0.29, 0.717) is 48.8 Å². The van der Waals surface area contributed by atoms with Gasteiger partial charge in [-0.25, -0.2) is 0 Å². The summed E-state index contributed by atoms with van der Waals surface area (Å²) in [7, 11) is 1.72. The second-order valence-corrected chi connectivity index (χ2v) is 13.0. The fourth-order valence-electron chi connectivity index (χ4n) is 6.61. The van der Waals surface area contributed by atoms with Crippen LogP contribution in [0, 0.1) is 6.92 Å². The van der Waals surface area contributed by atoms with Crippen LogP contribution in [0.1, 0.15) is 52.7 Å². The van der Waals surface area contributed by atoms with E-state index in [1.54, 1.807) is 19.2 Å². The van der Waals surface area contributed by atoms with E-state index in [1.165, 1.54) is 5.56 Å². The maximum absolute atomic E-state index is 14.0. The van der Waals surface area contributed by atoms with Crippen molar-refractivity contribution in [3.8, 4) is 17.2 Å². The molecule has 1 aliphatic rings. The van der Waals surface area contributed by atoms with Crippen LogP contribution in [0.4, 0.5) is 5.69 Å². The molecular weight excluding hydrogens is 682 g/mol. The zero-order valence-electron chi connectivity index (χ0n) is 30.5. The molecule has 0 N–H and O–H groups in total. The number of piperazine rings is 1. The third kappa shape index (κ3) is 10.3. The van der Waals surface area contributed by atoms with Crippen LogP contribution in [0.15, 0.2) is 97.2 Å². The smallest absolute Gasteiger partial charge is 0.550 e. The Kier molecular flexibility index (Phi) is 14.8. The number of carboxylic acids is 1. The Bertz CT molecular complexity index is 1930. The molecule has 0 amide bonds. The van der Waals surface area contributed by atoms with Crippen LogP contribution < -0.4 is 75.6 Å². The van der Waals surface area contributed by atoms with Crippen molar-refractivity contribution in [2.75, 3.05) is 51.3 Å². The Hall–Kier alpha value is -3.64. The fourth-order valence-corrected chi connectivity index (χ4v) is 6.61. The van der Waals surface area contributed by atoms with Gasteiger partial charge in [0.25, 0.3) is 0 Å². The standard InChI is InChI=1S/C42H47N3O6.K/c1-31-15-17-32(18-16-31)30-51-39-20-19-33(42(48)35-29-45(22-9-14-41(46)47)36-11-4-3-10-34(35)36)28-40(39)50-27-8-7-21-43-23-25-44(26-24-43)37-12-5-6-13-38(37)49-2;/h3-6,10-13,15-20,28-29H,7-9,14,21-27,30H2,1-2H3,(H,46,47);/q;+1/p-1. The molecule has 0 spiro atoms. The second-order valence-electron chi connectivity index (χ2n) is 13.0. The Morgan fingerprint density at radius 3 is 2.29 bits per heavy atom. The number of methoxy groups -OCH3 is 1. The maximum atomic E-state index is 14.0. The van der Waals surface area contributed by atoms with Crippen molar-refractivity contribution in [2.24, 2.45) is 0 Å². The van der Waals surface area contributed by atoms with Crippen molar-refractivity contribution in [2.45, 2.75) is 45.8 Å². The van der Waals surface area contributed by atoms with Gasteiger partial charge in [0.05, 0.1) is 19.4 Å². The van der Waals surface area contributed by atoms with Crippen LogP contribution in [0.25, 0.3) is 10.9 Å². The molecule has 0 saturated carbocycles. The molecule has 0 atom stereocenters. The number of hydrogen-bond donors (Lipinski definition) is 0. The Morgan fingerprint density at radius 1 is 0.769 bits per heavy atom. The molecule has 0 unspecified atom stereocenters. The van der Waals surface area contributed by atoms with Crippen LogP contribution >= 0.6 is 0 Å². The van der Waals surface area contributed by atoms with E-state index in [1.807, 2.05) is 65.4 Å². The van der Waals surface area contributed by atoms with Crippen LogP contribution in [0.2, 0.25) is 0 Å². The van der Waals surface area contributed by atoms with Gasteiger partial charge in [-0.3, -0.25) is 9.69 Å². The Balaban J connectivity index is 0.00000523. The molecule has 0 radical (unpaired) electrons. The van der Waals surface area contributed by atoms with Crippen LogP contribution in [0.3, 0.4) is 0 Å². The van der Waals surface area contributed by atoms with Crippen molar-refractivity contribution in [1.29, 1.82) is 0 Å². The fraction of sp³-hybridized carbons (Fsp3) is 0.333. The van der Waals surface area contributed by atoms with Crippen molar-refractivity contribution >= 4 is 28.3 Å². The van der Waals surface area contributed by atoms with Gasteiger partial charge in [-0.1, -0.05) is 60.2 Å². The van der Waals surface area contributed by atoms with Gasteiger partial charge in [-0.15, -0.1) is 0 Å². The van der Waals surface area contributed by atoms with E-state index < -0.39 is 5.97 Å².